The van der Waals surface area contributed by atoms with Crippen LogP contribution in [-0.2, 0) is 4.74 Å². The highest BCUT2D eigenvalue weighted by molar-refractivity contribution is 5.94. The summed E-state index contributed by atoms with van der Waals surface area (Å²) in [4.78, 5) is 15.9. The van der Waals surface area contributed by atoms with E-state index in [0.29, 0.717) is 18.0 Å². The molecule has 0 aromatic carbocycles. The third-order valence-corrected chi connectivity index (χ3v) is 2.96. The van der Waals surface area contributed by atoms with Crippen molar-refractivity contribution < 1.29 is 9.53 Å². The summed E-state index contributed by atoms with van der Waals surface area (Å²) in [5, 5.41) is 6.64. The van der Waals surface area contributed by atoms with Crippen molar-refractivity contribution in [3.8, 4) is 0 Å². The van der Waals surface area contributed by atoms with Crippen molar-refractivity contribution in [3.05, 3.63) is 23.9 Å². The molecule has 1 saturated carbocycles. The minimum absolute atomic E-state index is 0.325. The van der Waals surface area contributed by atoms with Crippen LogP contribution in [0.15, 0.2) is 18.3 Å². The van der Waals surface area contributed by atoms with Crippen molar-refractivity contribution in [1.29, 1.82) is 0 Å². The lowest BCUT2D eigenvalue weighted by molar-refractivity contribution is 0.0527. The number of pyridine rings is 1. The molecule has 2 rings (SSSR count). The van der Waals surface area contributed by atoms with Gasteiger partial charge in [-0.1, -0.05) is 0 Å². The zero-order chi connectivity index (χ0) is 13.5. The average molecular weight is 263 g/mol. The number of ether oxygens (including phenoxy) is 1. The predicted octanol–water partition coefficient (Wildman–Crippen LogP) is 1.81. The highest BCUT2D eigenvalue weighted by atomic mass is 16.5. The fraction of sp³-hybridized carbons (Fsp3) is 0.571. The SMILES string of the molecule is CCOC(=O)c1cccnc1NCCCNC1CC1. The lowest BCUT2D eigenvalue weighted by Crippen LogP contribution is -2.20. The van der Waals surface area contributed by atoms with Crippen molar-refractivity contribution in [2.75, 3.05) is 25.0 Å². The van der Waals surface area contributed by atoms with Crippen LogP contribution in [0.5, 0.6) is 0 Å². The van der Waals surface area contributed by atoms with Crippen LogP contribution >= 0.6 is 0 Å². The Morgan fingerprint density at radius 2 is 2.32 bits per heavy atom. The molecular weight excluding hydrogens is 242 g/mol. The van der Waals surface area contributed by atoms with E-state index < -0.39 is 0 Å². The van der Waals surface area contributed by atoms with E-state index in [2.05, 4.69) is 15.6 Å². The molecule has 0 bridgehead atoms. The zero-order valence-corrected chi connectivity index (χ0v) is 11.3. The van der Waals surface area contributed by atoms with E-state index >= 15 is 0 Å². The van der Waals surface area contributed by atoms with Gasteiger partial charge in [0, 0.05) is 18.8 Å². The van der Waals surface area contributed by atoms with Crippen LogP contribution in [0.25, 0.3) is 0 Å². The zero-order valence-electron chi connectivity index (χ0n) is 11.3. The van der Waals surface area contributed by atoms with Gasteiger partial charge < -0.3 is 15.4 Å². The standard InChI is InChI=1S/C14H21N3O2/c1-2-19-14(18)12-5-3-8-16-13(12)17-10-4-9-15-11-6-7-11/h3,5,8,11,15H,2,4,6-7,9-10H2,1H3,(H,16,17). The van der Waals surface area contributed by atoms with E-state index in [1.807, 2.05) is 0 Å². The molecule has 1 aromatic rings. The van der Waals surface area contributed by atoms with Gasteiger partial charge in [0.25, 0.3) is 0 Å². The molecule has 104 valence electrons. The van der Waals surface area contributed by atoms with Crippen LogP contribution in [0.3, 0.4) is 0 Å². The Hall–Kier alpha value is -1.62. The summed E-state index contributed by atoms with van der Waals surface area (Å²) < 4.78 is 5.00. The summed E-state index contributed by atoms with van der Waals surface area (Å²) in [5.74, 6) is 0.279. The van der Waals surface area contributed by atoms with E-state index in [1.54, 1.807) is 25.3 Å². The Balaban J connectivity index is 1.79. The predicted molar refractivity (Wildman–Crippen MR) is 74.3 cm³/mol. The van der Waals surface area contributed by atoms with Gasteiger partial charge in [0.05, 0.1) is 6.61 Å². The van der Waals surface area contributed by atoms with E-state index in [-0.39, 0.29) is 5.97 Å². The Morgan fingerprint density at radius 3 is 3.05 bits per heavy atom. The molecule has 1 aliphatic rings. The topological polar surface area (TPSA) is 63.2 Å². The monoisotopic (exact) mass is 263 g/mol. The van der Waals surface area contributed by atoms with Gasteiger partial charge in [-0.25, -0.2) is 9.78 Å². The molecule has 1 aliphatic carbocycles. The molecule has 5 nitrogen and oxygen atoms in total. The van der Waals surface area contributed by atoms with Gasteiger partial charge in [-0.05, 0) is 44.9 Å². The van der Waals surface area contributed by atoms with Crippen LogP contribution < -0.4 is 10.6 Å². The fourth-order valence-corrected chi connectivity index (χ4v) is 1.81. The van der Waals surface area contributed by atoms with Gasteiger partial charge in [0.2, 0.25) is 0 Å². The van der Waals surface area contributed by atoms with Crippen molar-refractivity contribution in [2.24, 2.45) is 0 Å². The van der Waals surface area contributed by atoms with Crippen molar-refractivity contribution >= 4 is 11.8 Å². The number of carbonyl (C=O) groups is 1. The second-order valence-corrected chi connectivity index (χ2v) is 4.63. The first kappa shape index (κ1) is 13.8. The molecule has 1 aromatic heterocycles. The second-order valence-electron chi connectivity index (χ2n) is 4.63. The van der Waals surface area contributed by atoms with Crippen LogP contribution in [0.2, 0.25) is 0 Å². The number of anilines is 1. The quantitative estimate of drug-likeness (QED) is 0.553. The third kappa shape index (κ3) is 4.52. The number of esters is 1. The normalized spacial score (nSPS) is 14.2. The average Bonchev–Trinajstić information content (AvgIpc) is 3.23. The van der Waals surface area contributed by atoms with E-state index in [0.717, 1.165) is 25.6 Å². The Morgan fingerprint density at radius 1 is 1.47 bits per heavy atom. The van der Waals surface area contributed by atoms with Gasteiger partial charge in [-0.3, -0.25) is 0 Å². The number of rotatable bonds is 8. The minimum atomic E-state index is -0.325. The third-order valence-electron chi connectivity index (χ3n) is 2.96. The van der Waals surface area contributed by atoms with Gasteiger partial charge in [-0.15, -0.1) is 0 Å². The van der Waals surface area contributed by atoms with Crippen molar-refractivity contribution in [3.63, 3.8) is 0 Å². The van der Waals surface area contributed by atoms with Gasteiger partial charge in [0.15, 0.2) is 0 Å². The summed E-state index contributed by atoms with van der Waals surface area (Å²) in [6.45, 7) is 3.96. The Labute approximate surface area is 113 Å². The molecule has 0 spiro atoms. The number of nitrogens with zero attached hydrogens (tertiary/aromatic N) is 1. The number of carbonyl (C=O) groups excluding carboxylic acids is 1. The highest BCUT2D eigenvalue weighted by Gasteiger charge is 2.19. The summed E-state index contributed by atoms with van der Waals surface area (Å²) in [6.07, 6.45) is 5.30. The second kappa shape index (κ2) is 7.09. The van der Waals surface area contributed by atoms with Gasteiger partial charge >= 0.3 is 5.97 Å². The summed E-state index contributed by atoms with van der Waals surface area (Å²) in [5.41, 5.74) is 0.500. The molecular formula is C14H21N3O2. The van der Waals surface area contributed by atoms with E-state index in [4.69, 9.17) is 4.74 Å². The Bertz CT molecular complexity index is 419. The lowest BCUT2D eigenvalue weighted by atomic mass is 10.2. The minimum Gasteiger partial charge on any atom is -0.462 e. The number of hydrogen-bond donors (Lipinski definition) is 2. The van der Waals surface area contributed by atoms with Crippen LogP contribution in [0.4, 0.5) is 5.82 Å². The highest BCUT2D eigenvalue weighted by Crippen LogP contribution is 2.18. The molecule has 0 amide bonds. The first-order chi connectivity index (χ1) is 9.31. The Kier molecular flexibility index (Phi) is 5.15. The molecule has 0 saturated heterocycles. The maximum absolute atomic E-state index is 11.7. The van der Waals surface area contributed by atoms with E-state index in [9.17, 15) is 4.79 Å². The summed E-state index contributed by atoms with van der Waals surface area (Å²) >= 11 is 0. The van der Waals surface area contributed by atoms with Crippen LogP contribution in [-0.4, -0.2) is 36.7 Å². The molecule has 0 aliphatic heterocycles. The largest absolute Gasteiger partial charge is 0.462 e. The van der Waals surface area contributed by atoms with Gasteiger partial charge in [0.1, 0.15) is 11.4 Å². The first-order valence-electron chi connectivity index (χ1n) is 6.90. The number of nitrogens with one attached hydrogen (secondary N) is 2. The maximum Gasteiger partial charge on any atom is 0.341 e. The lowest BCUT2D eigenvalue weighted by Gasteiger charge is -2.10. The molecule has 0 unspecified atom stereocenters. The fourth-order valence-electron chi connectivity index (χ4n) is 1.81. The van der Waals surface area contributed by atoms with Crippen LogP contribution in [0.1, 0.15) is 36.5 Å². The van der Waals surface area contributed by atoms with E-state index in [1.165, 1.54) is 12.8 Å². The smallest absolute Gasteiger partial charge is 0.341 e. The van der Waals surface area contributed by atoms with Gasteiger partial charge in [-0.2, -0.15) is 0 Å². The molecule has 0 atom stereocenters. The molecule has 19 heavy (non-hydrogen) atoms. The van der Waals surface area contributed by atoms with Crippen molar-refractivity contribution in [1.82, 2.24) is 10.3 Å². The molecule has 2 N–H and O–H groups in total. The summed E-state index contributed by atoms with van der Waals surface area (Å²) in [6, 6.07) is 4.21. The maximum atomic E-state index is 11.7. The molecule has 1 heterocycles. The number of hydrogen-bond acceptors (Lipinski definition) is 5. The molecule has 5 heteroatoms. The summed E-state index contributed by atoms with van der Waals surface area (Å²) in [7, 11) is 0. The molecule has 1 fully saturated rings. The molecule has 0 radical (unpaired) electrons. The van der Waals surface area contributed by atoms with Crippen LogP contribution in [0, 0.1) is 0 Å². The van der Waals surface area contributed by atoms with Crippen molar-refractivity contribution in [2.45, 2.75) is 32.2 Å². The number of aromatic nitrogens is 1. The first-order valence-corrected chi connectivity index (χ1v) is 6.90.